The van der Waals surface area contributed by atoms with Crippen LogP contribution in [0.25, 0.3) is 11.2 Å². The van der Waals surface area contributed by atoms with Gasteiger partial charge in [0.1, 0.15) is 0 Å². The third-order valence-electron chi connectivity index (χ3n) is 2.92. The highest BCUT2D eigenvalue weighted by Crippen LogP contribution is 2.07. The van der Waals surface area contributed by atoms with Gasteiger partial charge in [0, 0.05) is 13.1 Å². The van der Waals surface area contributed by atoms with Gasteiger partial charge < -0.3 is 10.3 Å². The summed E-state index contributed by atoms with van der Waals surface area (Å²) in [7, 11) is 0. The molecule has 0 aliphatic heterocycles. The Morgan fingerprint density at radius 1 is 1.39 bits per heavy atom. The van der Waals surface area contributed by atoms with Crippen molar-refractivity contribution in [2.45, 2.75) is 32.9 Å². The zero-order chi connectivity index (χ0) is 13.1. The second-order valence-corrected chi connectivity index (χ2v) is 4.11. The standard InChI is InChI=1S/C11H17N5O2/c1-2-16-9-8(10(17)14-11(16)18)15(7-13-9)6-4-3-5-12/h7H,2-6,12H2,1H3,(H,14,17,18). The smallest absolute Gasteiger partial charge is 0.330 e. The van der Waals surface area contributed by atoms with Gasteiger partial charge in [-0.2, -0.15) is 0 Å². The van der Waals surface area contributed by atoms with Gasteiger partial charge in [-0.1, -0.05) is 0 Å². The van der Waals surface area contributed by atoms with Crippen LogP contribution in [0.5, 0.6) is 0 Å². The van der Waals surface area contributed by atoms with Crippen LogP contribution in [0.1, 0.15) is 19.8 Å². The van der Waals surface area contributed by atoms with Crippen molar-refractivity contribution in [3.05, 3.63) is 27.2 Å². The fourth-order valence-electron chi connectivity index (χ4n) is 2.01. The molecule has 0 saturated carbocycles. The van der Waals surface area contributed by atoms with Gasteiger partial charge in [-0.05, 0) is 26.3 Å². The zero-order valence-electron chi connectivity index (χ0n) is 10.3. The SMILES string of the molecule is CCn1c(=O)[nH]c(=O)c2c1ncn2CCCCN. The number of hydrogen-bond donors (Lipinski definition) is 2. The lowest BCUT2D eigenvalue weighted by molar-refractivity contribution is 0.624. The normalized spacial score (nSPS) is 11.2. The van der Waals surface area contributed by atoms with E-state index in [1.807, 2.05) is 6.92 Å². The van der Waals surface area contributed by atoms with Crippen LogP contribution in [0.2, 0.25) is 0 Å². The summed E-state index contributed by atoms with van der Waals surface area (Å²) in [5, 5.41) is 0. The van der Waals surface area contributed by atoms with Crippen LogP contribution in [-0.4, -0.2) is 25.6 Å². The van der Waals surface area contributed by atoms with E-state index >= 15 is 0 Å². The first-order chi connectivity index (χ1) is 8.69. The second-order valence-electron chi connectivity index (χ2n) is 4.11. The summed E-state index contributed by atoms with van der Waals surface area (Å²) < 4.78 is 3.23. The van der Waals surface area contributed by atoms with Gasteiger partial charge in [0.05, 0.1) is 6.33 Å². The highest BCUT2D eigenvalue weighted by Gasteiger charge is 2.11. The van der Waals surface area contributed by atoms with Crippen molar-refractivity contribution in [1.82, 2.24) is 19.1 Å². The van der Waals surface area contributed by atoms with Crippen LogP contribution in [0.15, 0.2) is 15.9 Å². The van der Waals surface area contributed by atoms with E-state index in [0.29, 0.717) is 30.8 Å². The number of aryl methyl sites for hydroxylation is 2. The van der Waals surface area contributed by atoms with Gasteiger partial charge in [0.25, 0.3) is 5.56 Å². The molecule has 0 radical (unpaired) electrons. The molecule has 7 nitrogen and oxygen atoms in total. The third-order valence-corrected chi connectivity index (χ3v) is 2.92. The number of nitrogens with two attached hydrogens (primary N) is 1. The Labute approximate surface area is 103 Å². The molecule has 2 rings (SSSR count). The van der Waals surface area contributed by atoms with Gasteiger partial charge in [-0.15, -0.1) is 0 Å². The minimum absolute atomic E-state index is 0.384. The summed E-state index contributed by atoms with van der Waals surface area (Å²) in [6, 6.07) is 0. The number of hydrogen-bond acceptors (Lipinski definition) is 4. The Morgan fingerprint density at radius 2 is 2.17 bits per heavy atom. The number of rotatable bonds is 5. The van der Waals surface area contributed by atoms with Crippen molar-refractivity contribution < 1.29 is 0 Å². The number of aromatic amines is 1. The number of aromatic nitrogens is 4. The number of H-pyrrole nitrogens is 1. The van der Waals surface area contributed by atoms with Crippen molar-refractivity contribution >= 4 is 11.2 Å². The second kappa shape index (κ2) is 5.18. The number of unbranched alkanes of at least 4 members (excludes halogenated alkanes) is 1. The molecule has 0 spiro atoms. The van der Waals surface area contributed by atoms with Crippen LogP contribution < -0.4 is 17.0 Å². The molecule has 0 fully saturated rings. The molecule has 2 aromatic heterocycles. The summed E-state index contributed by atoms with van der Waals surface area (Å²) in [5.74, 6) is 0. The van der Waals surface area contributed by atoms with Crippen LogP contribution >= 0.6 is 0 Å². The van der Waals surface area contributed by atoms with Crippen molar-refractivity contribution in [3.8, 4) is 0 Å². The molecule has 0 aromatic carbocycles. The van der Waals surface area contributed by atoms with Crippen LogP contribution in [-0.2, 0) is 13.1 Å². The van der Waals surface area contributed by atoms with E-state index in [1.165, 1.54) is 4.57 Å². The largest absolute Gasteiger partial charge is 0.330 e. The van der Waals surface area contributed by atoms with Gasteiger partial charge >= 0.3 is 5.69 Å². The Hall–Kier alpha value is -1.89. The van der Waals surface area contributed by atoms with E-state index in [9.17, 15) is 9.59 Å². The quantitative estimate of drug-likeness (QED) is 0.709. The summed E-state index contributed by atoms with van der Waals surface area (Å²) in [5.41, 5.74) is 5.53. The first-order valence-electron chi connectivity index (χ1n) is 6.07. The van der Waals surface area contributed by atoms with E-state index in [4.69, 9.17) is 5.73 Å². The van der Waals surface area contributed by atoms with Crippen molar-refractivity contribution in [3.63, 3.8) is 0 Å². The molecule has 0 amide bonds. The predicted octanol–water partition coefficient (Wildman–Crippen LogP) is -0.355. The van der Waals surface area contributed by atoms with E-state index in [2.05, 4.69) is 9.97 Å². The van der Waals surface area contributed by atoms with Crippen molar-refractivity contribution in [1.29, 1.82) is 0 Å². The molecule has 2 heterocycles. The Balaban J connectivity index is 2.52. The average Bonchev–Trinajstić information content (AvgIpc) is 2.74. The minimum atomic E-state index is -0.415. The van der Waals surface area contributed by atoms with Crippen LogP contribution in [0.3, 0.4) is 0 Å². The maximum atomic E-state index is 11.8. The number of nitrogens with one attached hydrogen (secondary N) is 1. The fourth-order valence-corrected chi connectivity index (χ4v) is 2.01. The number of nitrogens with zero attached hydrogens (tertiary/aromatic N) is 3. The predicted molar refractivity (Wildman–Crippen MR) is 68.6 cm³/mol. The van der Waals surface area contributed by atoms with Crippen LogP contribution in [0, 0.1) is 0 Å². The zero-order valence-corrected chi connectivity index (χ0v) is 10.3. The molecule has 0 aliphatic carbocycles. The lowest BCUT2D eigenvalue weighted by atomic mass is 10.3. The Kier molecular flexibility index (Phi) is 3.61. The number of imidazole rings is 1. The van der Waals surface area contributed by atoms with Crippen LogP contribution in [0.4, 0.5) is 0 Å². The molecule has 0 unspecified atom stereocenters. The Bertz CT molecular complexity index is 651. The highest BCUT2D eigenvalue weighted by atomic mass is 16.2. The summed E-state index contributed by atoms with van der Waals surface area (Å²) in [6.45, 7) is 3.62. The van der Waals surface area contributed by atoms with E-state index < -0.39 is 5.69 Å². The molecular formula is C11H17N5O2. The fraction of sp³-hybridized carbons (Fsp3) is 0.545. The van der Waals surface area contributed by atoms with Crippen molar-refractivity contribution in [2.75, 3.05) is 6.54 Å². The molecule has 0 bridgehead atoms. The van der Waals surface area contributed by atoms with E-state index in [1.54, 1.807) is 10.9 Å². The lowest BCUT2D eigenvalue weighted by Gasteiger charge is -2.04. The third kappa shape index (κ3) is 2.08. The molecule has 2 aromatic rings. The lowest BCUT2D eigenvalue weighted by Crippen LogP contribution is -2.30. The van der Waals surface area contributed by atoms with Gasteiger partial charge in [-0.3, -0.25) is 14.3 Å². The van der Waals surface area contributed by atoms with Crippen molar-refractivity contribution in [2.24, 2.45) is 5.73 Å². The van der Waals surface area contributed by atoms with E-state index in [0.717, 1.165) is 12.8 Å². The molecule has 0 saturated heterocycles. The number of fused-ring (bicyclic) bond motifs is 1. The molecule has 0 atom stereocenters. The highest BCUT2D eigenvalue weighted by molar-refractivity contribution is 5.69. The van der Waals surface area contributed by atoms with Gasteiger partial charge in [0.15, 0.2) is 11.2 Å². The Morgan fingerprint density at radius 3 is 2.83 bits per heavy atom. The topological polar surface area (TPSA) is 98.7 Å². The first-order valence-corrected chi connectivity index (χ1v) is 6.07. The molecular weight excluding hydrogens is 234 g/mol. The molecule has 7 heteroatoms. The molecule has 18 heavy (non-hydrogen) atoms. The maximum absolute atomic E-state index is 11.8. The monoisotopic (exact) mass is 251 g/mol. The molecule has 0 aliphatic rings. The molecule has 3 N–H and O–H groups in total. The maximum Gasteiger partial charge on any atom is 0.330 e. The summed E-state index contributed by atoms with van der Waals surface area (Å²) in [6.07, 6.45) is 3.37. The minimum Gasteiger partial charge on any atom is -0.330 e. The van der Waals surface area contributed by atoms with E-state index in [-0.39, 0.29) is 5.56 Å². The average molecular weight is 251 g/mol. The molecule has 98 valence electrons. The van der Waals surface area contributed by atoms with Gasteiger partial charge in [-0.25, -0.2) is 9.78 Å². The summed E-state index contributed by atoms with van der Waals surface area (Å²) in [4.78, 5) is 29.9. The summed E-state index contributed by atoms with van der Waals surface area (Å²) >= 11 is 0. The van der Waals surface area contributed by atoms with Gasteiger partial charge in [0.2, 0.25) is 0 Å². The first kappa shape index (κ1) is 12.6.